The Morgan fingerprint density at radius 1 is 1.06 bits per heavy atom. The molecule has 0 aliphatic carbocycles. The van der Waals surface area contributed by atoms with Crippen LogP contribution >= 0.6 is 11.3 Å². The number of nitrogens with zero attached hydrogens (tertiary/aromatic N) is 1. The van der Waals surface area contributed by atoms with E-state index in [1.807, 2.05) is 17.4 Å². The van der Waals surface area contributed by atoms with Gasteiger partial charge in [-0.1, -0.05) is 30.3 Å². The number of para-hydroxylation sites is 2. The lowest BCUT2D eigenvalue weighted by molar-refractivity contribution is 0.896. The quantitative estimate of drug-likeness (QED) is 0.711. The van der Waals surface area contributed by atoms with Gasteiger partial charge in [0.2, 0.25) is 0 Å². The molecule has 2 heterocycles. The van der Waals surface area contributed by atoms with Gasteiger partial charge in [-0.05, 0) is 23.8 Å². The van der Waals surface area contributed by atoms with Crippen LogP contribution in [0.1, 0.15) is 16.5 Å². The summed E-state index contributed by atoms with van der Waals surface area (Å²) < 4.78 is 1.27. The van der Waals surface area contributed by atoms with E-state index < -0.39 is 0 Å². The maximum absolute atomic E-state index is 4.77. The molecule has 0 radical (unpaired) electrons. The summed E-state index contributed by atoms with van der Waals surface area (Å²) in [6.07, 6.45) is 0. The Kier molecular flexibility index (Phi) is 2.14. The van der Waals surface area contributed by atoms with Crippen LogP contribution in [0.25, 0.3) is 10.2 Å². The number of nitrogens with one attached hydrogen (secondary N) is 1. The van der Waals surface area contributed by atoms with E-state index >= 15 is 0 Å². The standard InChI is InChI=1S/C15H12N2S/c1-2-6-12-10(5-1)11(9-16-12)15-17-13-7-3-4-8-14(13)18-15/h1-8,11,16H,9H2. The van der Waals surface area contributed by atoms with Gasteiger partial charge in [-0.15, -0.1) is 11.3 Å². The maximum Gasteiger partial charge on any atom is 0.103 e. The molecule has 4 rings (SSSR count). The predicted octanol–water partition coefficient (Wildman–Crippen LogP) is 3.85. The second-order valence-electron chi connectivity index (χ2n) is 4.54. The molecule has 18 heavy (non-hydrogen) atoms. The number of fused-ring (bicyclic) bond motifs is 2. The third-order valence-corrected chi connectivity index (χ3v) is 4.59. The van der Waals surface area contributed by atoms with E-state index in [0.29, 0.717) is 5.92 Å². The molecule has 2 nitrogen and oxygen atoms in total. The molecule has 1 aromatic heterocycles. The van der Waals surface area contributed by atoms with E-state index in [1.165, 1.54) is 21.0 Å². The lowest BCUT2D eigenvalue weighted by atomic mass is 10.0. The zero-order valence-electron chi connectivity index (χ0n) is 9.76. The number of rotatable bonds is 1. The van der Waals surface area contributed by atoms with Crippen molar-refractivity contribution in [2.24, 2.45) is 0 Å². The van der Waals surface area contributed by atoms with Gasteiger partial charge in [-0.3, -0.25) is 0 Å². The molecule has 1 aliphatic rings. The van der Waals surface area contributed by atoms with Crippen molar-refractivity contribution in [2.75, 3.05) is 11.9 Å². The monoisotopic (exact) mass is 252 g/mol. The van der Waals surface area contributed by atoms with Crippen molar-refractivity contribution in [3.63, 3.8) is 0 Å². The highest BCUT2D eigenvalue weighted by Crippen LogP contribution is 2.38. The molecule has 88 valence electrons. The normalized spacial score (nSPS) is 17.7. The van der Waals surface area contributed by atoms with Crippen LogP contribution in [-0.2, 0) is 0 Å². The first kappa shape index (κ1) is 10.1. The van der Waals surface area contributed by atoms with Crippen LogP contribution in [0.15, 0.2) is 48.5 Å². The summed E-state index contributed by atoms with van der Waals surface area (Å²) in [5.41, 5.74) is 3.74. The minimum Gasteiger partial charge on any atom is -0.384 e. The molecular formula is C15H12N2S. The Hall–Kier alpha value is -1.87. The number of benzene rings is 2. The van der Waals surface area contributed by atoms with Crippen LogP contribution in [0, 0.1) is 0 Å². The lowest BCUT2D eigenvalue weighted by Crippen LogP contribution is -2.02. The van der Waals surface area contributed by atoms with Crippen molar-refractivity contribution < 1.29 is 0 Å². The average molecular weight is 252 g/mol. The molecule has 0 saturated carbocycles. The fraction of sp³-hybridized carbons (Fsp3) is 0.133. The number of thiazole rings is 1. The highest BCUT2D eigenvalue weighted by Gasteiger charge is 2.25. The number of hydrogen-bond acceptors (Lipinski definition) is 3. The van der Waals surface area contributed by atoms with E-state index in [-0.39, 0.29) is 0 Å². The summed E-state index contributed by atoms with van der Waals surface area (Å²) in [4.78, 5) is 4.77. The van der Waals surface area contributed by atoms with Gasteiger partial charge in [0, 0.05) is 12.2 Å². The van der Waals surface area contributed by atoms with Crippen LogP contribution in [0.4, 0.5) is 5.69 Å². The van der Waals surface area contributed by atoms with Crippen molar-refractivity contribution >= 4 is 27.2 Å². The highest BCUT2D eigenvalue weighted by molar-refractivity contribution is 7.18. The van der Waals surface area contributed by atoms with Crippen molar-refractivity contribution in [3.05, 3.63) is 59.1 Å². The first-order valence-corrected chi connectivity index (χ1v) is 6.92. The van der Waals surface area contributed by atoms with Crippen molar-refractivity contribution in [2.45, 2.75) is 5.92 Å². The Balaban J connectivity index is 1.85. The average Bonchev–Trinajstić information content (AvgIpc) is 3.02. The van der Waals surface area contributed by atoms with Crippen molar-refractivity contribution in [1.29, 1.82) is 0 Å². The van der Waals surface area contributed by atoms with Gasteiger partial charge in [-0.2, -0.15) is 0 Å². The maximum atomic E-state index is 4.77. The third kappa shape index (κ3) is 1.44. The highest BCUT2D eigenvalue weighted by atomic mass is 32.1. The van der Waals surface area contributed by atoms with Gasteiger partial charge in [0.05, 0.1) is 16.1 Å². The van der Waals surface area contributed by atoms with Crippen LogP contribution in [0.5, 0.6) is 0 Å². The zero-order valence-corrected chi connectivity index (χ0v) is 10.6. The fourth-order valence-electron chi connectivity index (χ4n) is 2.54. The molecule has 1 unspecified atom stereocenters. The van der Waals surface area contributed by atoms with Crippen molar-refractivity contribution in [3.8, 4) is 0 Å². The predicted molar refractivity (Wildman–Crippen MR) is 76.4 cm³/mol. The molecule has 0 spiro atoms. The minimum absolute atomic E-state index is 0.401. The second-order valence-corrected chi connectivity index (χ2v) is 5.60. The zero-order chi connectivity index (χ0) is 11.9. The summed E-state index contributed by atoms with van der Waals surface area (Å²) in [6, 6.07) is 16.9. The molecule has 0 fully saturated rings. The number of aromatic nitrogens is 1. The molecule has 3 aromatic rings. The minimum atomic E-state index is 0.401. The first-order valence-electron chi connectivity index (χ1n) is 6.10. The Labute approximate surface area is 109 Å². The lowest BCUT2D eigenvalue weighted by Gasteiger charge is -2.05. The molecule has 3 heteroatoms. The first-order chi connectivity index (χ1) is 8.92. The van der Waals surface area contributed by atoms with E-state index in [0.717, 1.165) is 12.1 Å². The smallest absolute Gasteiger partial charge is 0.103 e. The molecule has 2 aromatic carbocycles. The van der Waals surface area contributed by atoms with Gasteiger partial charge in [0.1, 0.15) is 5.01 Å². The number of hydrogen-bond donors (Lipinski definition) is 1. The van der Waals surface area contributed by atoms with Crippen molar-refractivity contribution in [1.82, 2.24) is 4.98 Å². The molecule has 0 saturated heterocycles. The topological polar surface area (TPSA) is 24.9 Å². The SMILES string of the molecule is c1ccc2c(c1)NCC2c1nc2ccccc2s1. The molecule has 1 atom stereocenters. The van der Waals surface area contributed by atoms with Crippen LogP contribution in [0.2, 0.25) is 0 Å². The van der Waals surface area contributed by atoms with E-state index in [2.05, 4.69) is 47.8 Å². The van der Waals surface area contributed by atoms with Gasteiger partial charge >= 0.3 is 0 Å². The molecule has 0 bridgehead atoms. The summed E-state index contributed by atoms with van der Waals surface area (Å²) in [7, 11) is 0. The fourth-order valence-corrected chi connectivity index (χ4v) is 3.63. The molecule has 0 amide bonds. The Morgan fingerprint density at radius 3 is 2.83 bits per heavy atom. The second kappa shape index (κ2) is 3.82. The third-order valence-electron chi connectivity index (χ3n) is 3.44. The molecular weight excluding hydrogens is 240 g/mol. The molecule has 1 aliphatic heterocycles. The summed E-state index contributed by atoms with van der Waals surface area (Å²) in [5.74, 6) is 0.401. The van der Waals surface area contributed by atoms with E-state index in [4.69, 9.17) is 4.98 Å². The largest absolute Gasteiger partial charge is 0.384 e. The van der Waals surface area contributed by atoms with Gasteiger partial charge < -0.3 is 5.32 Å². The van der Waals surface area contributed by atoms with Gasteiger partial charge in [0.25, 0.3) is 0 Å². The number of anilines is 1. The summed E-state index contributed by atoms with van der Waals surface area (Å²) in [5, 5.41) is 4.68. The Bertz CT molecular complexity index is 684. The summed E-state index contributed by atoms with van der Waals surface area (Å²) in [6.45, 7) is 0.958. The van der Waals surface area contributed by atoms with Crippen LogP contribution in [0.3, 0.4) is 0 Å². The van der Waals surface area contributed by atoms with Crippen LogP contribution < -0.4 is 5.32 Å². The van der Waals surface area contributed by atoms with E-state index in [1.54, 1.807) is 0 Å². The van der Waals surface area contributed by atoms with Gasteiger partial charge in [0.15, 0.2) is 0 Å². The summed E-state index contributed by atoms with van der Waals surface area (Å²) >= 11 is 1.81. The molecule has 1 N–H and O–H groups in total. The van der Waals surface area contributed by atoms with Crippen LogP contribution in [-0.4, -0.2) is 11.5 Å². The van der Waals surface area contributed by atoms with Gasteiger partial charge in [-0.25, -0.2) is 4.98 Å². The Morgan fingerprint density at radius 2 is 1.89 bits per heavy atom. The van der Waals surface area contributed by atoms with E-state index in [9.17, 15) is 0 Å².